The van der Waals surface area contributed by atoms with Crippen LogP contribution in [0.1, 0.15) is 17.3 Å². The van der Waals surface area contributed by atoms with E-state index in [1.54, 1.807) is 36.7 Å². The van der Waals surface area contributed by atoms with Gasteiger partial charge < -0.3 is 22.1 Å². The monoisotopic (exact) mass is 245 g/mol. The van der Waals surface area contributed by atoms with E-state index in [4.69, 9.17) is 11.5 Å². The van der Waals surface area contributed by atoms with Crippen molar-refractivity contribution in [2.75, 3.05) is 5.32 Å². The van der Waals surface area contributed by atoms with E-state index < -0.39 is 11.7 Å². The second-order valence-corrected chi connectivity index (χ2v) is 4.19. The number of carbonyl (C=O) groups is 1. The van der Waals surface area contributed by atoms with Crippen LogP contribution in [0.15, 0.2) is 41.2 Å². The molecule has 0 aromatic heterocycles. The summed E-state index contributed by atoms with van der Waals surface area (Å²) in [6, 6.07) is 6.85. The zero-order valence-electron chi connectivity index (χ0n) is 9.97. The van der Waals surface area contributed by atoms with Gasteiger partial charge in [-0.3, -0.25) is 4.79 Å². The first-order chi connectivity index (χ1) is 8.48. The number of carbonyl (C=O) groups excluding carboxylic acids is 1. The normalized spacial score (nSPS) is 21.9. The first-order valence-corrected chi connectivity index (χ1v) is 5.45. The van der Waals surface area contributed by atoms with Crippen LogP contribution in [0, 0.1) is 0 Å². The van der Waals surface area contributed by atoms with Gasteiger partial charge in [0, 0.05) is 17.5 Å². The van der Waals surface area contributed by atoms with E-state index in [1.807, 2.05) is 6.92 Å². The van der Waals surface area contributed by atoms with Crippen LogP contribution < -0.4 is 22.1 Å². The van der Waals surface area contributed by atoms with Crippen molar-refractivity contribution in [3.05, 3.63) is 41.7 Å². The lowest BCUT2D eigenvalue weighted by Gasteiger charge is -2.30. The first kappa shape index (κ1) is 12.0. The van der Waals surface area contributed by atoms with E-state index in [0.717, 1.165) is 5.69 Å². The Morgan fingerprint density at radius 1 is 1.39 bits per heavy atom. The molecule has 0 saturated heterocycles. The number of amides is 1. The van der Waals surface area contributed by atoms with Gasteiger partial charge in [-0.25, -0.2) is 4.99 Å². The zero-order valence-corrected chi connectivity index (χ0v) is 9.97. The molecule has 0 fully saturated rings. The van der Waals surface area contributed by atoms with Gasteiger partial charge in [0.2, 0.25) is 11.7 Å². The SMILES string of the molecule is CC1(Nc2ccc(C(N)=O)cc2)N=CC(N)=CN1. The van der Waals surface area contributed by atoms with E-state index in [1.165, 1.54) is 0 Å². The van der Waals surface area contributed by atoms with E-state index in [9.17, 15) is 4.79 Å². The fourth-order valence-electron chi connectivity index (χ4n) is 1.57. The van der Waals surface area contributed by atoms with Gasteiger partial charge in [-0.15, -0.1) is 0 Å². The summed E-state index contributed by atoms with van der Waals surface area (Å²) >= 11 is 0. The number of hydrogen-bond acceptors (Lipinski definition) is 5. The summed E-state index contributed by atoms with van der Waals surface area (Å²) in [5.74, 6) is -1.10. The predicted molar refractivity (Wildman–Crippen MR) is 70.9 cm³/mol. The number of nitrogens with one attached hydrogen (secondary N) is 2. The largest absolute Gasteiger partial charge is 0.396 e. The minimum absolute atomic E-state index is 0.447. The summed E-state index contributed by atoms with van der Waals surface area (Å²) in [6.45, 7) is 1.87. The first-order valence-electron chi connectivity index (χ1n) is 5.45. The van der Waals surface area contributed by atoms with Crippen molar-refractivity contribution in [2.24, 2.45) is 16.5 Å². The molecule has 1 aromatic rings. The highest BCUT2D eigenvalue weighted by atomic mass is 16.1. The molecule has 0 bridgehead atoms. The second kappa shape index (κ2) is 4.40. The zero-order chi connectivity index (χ0) is 13.2. The molecule has 0 spiro atoms. The third-order valence-electron chi connectivity index (χ3n) is 2.55. The molecular formula is C12H15N5O. The number of hydrogen-bond donors (Lipinski definition) is 4. The molecule has 0 aliphatic carbocycles. The molecule has 0 radical (unpaired) electrons. The van der Waals surface area contributed by atoms with Crippen LogP contribution in [0.3, 0.4) is 0 Å². The van der Waals surface area contributed by atoms with Gasteiger partial charge in [-0.1, -0.05) is 0 Å². The Balaban J connectivity index is 2.10. The van der Waals surface area contributed by atoms with Gasteiger partial charge in [0.05, 0.1) is 11.9 Å². The van der Waals surface area contributed by atoms with Crippen LogP contribution in [0.2, 0.25) is 0 Å². The number of nitrogens with zero attached hydrogens (tertiary/aromatic N) is 1. The molecule has 6 N–H and O–H groups in total. The lowest BCUT2D eigenvalue weighted by molar-refractivity contribution is 0.100. The van der Waals surface area contributed by atoms with Gasteiger partial charge in [-0.05, 0) is 31.2 Å². The summed E-state index contributed by atoms with van der Waals surface area (Å²) in [4.78, 5) is 15.2. The summed E-state index contributed by atoms with van der Waals surface area (Å²) in [5, 5.41) is 6.23. The quantitative estimate of drug-likeness (QED) is 0.616. The number of benzene rings is 1. The van der Waals surface area contributed by atoms with Gasteiger partial charge >= 0.3 is 0 Å². The minimum Gasteiger partial charge on any atom is -0.396 e. The van der Waals surface area contributed by atoms with Crippen molar-refractivity contribution in [1.29, 1.82) is 0 Å². The van der Waals surface area contributed by atoms with Crippen molar-refractivity contribution in [1.82, 2.24) is 5.32 Å². The lowest BCUT2D eigenvalue weighted by atomic mass is 10.2. The molecule has 6 heteroatoms. The highest BCUT2D eigenvalue weighted by Gasteiger charge is 2.22. The Labute approximate surface area is 105 Å². The molecule has 0 saturated carbocycles. The number of anilines is 1. The minimum atomic E-state index is -0.656. The van der Waals surface area contributed by atoms with Crippen LogP contribution in [0.4, 0.5) is 5.69 Å². The molecule has 1 atom stereocenters. The fourth-order valence-corrected chi connectivity index (χ4v) is 1.57. The molecule has 1 aliphatic rings. The number of rotatable bonds is 3. The van der Waals surface area contributed by atoms with Crippen LogP contribution in [-0.2, 0) is 0 Å². The highest BCUT2D eigenvalue weighted by molar-refractivity contribution is 5.93. The Morgan fingerprint density at radius 3 is 2.56 bits per heavy atom. The van der Waals surface area contributed by atoms with Crippen LogP contribution in [0.25, 0.3) is 0 Å². The Bertz CT molecular complexity index is 520. The fraction of sp³-hybridized carbons (Fsp3) is 0.167. The maximum Gasteiger partial charge on any atom is 0.248 e. The predicted octanol–water partition coefficient (Wildman–Crippen LogP) is 0.345. The molecule has 1 unspecified atom stereocenters. The Kier molecular flexibility index (Phi) is 2.93. The van der Waals surface area contributed by atoms with Crippen molar-refractivity contribution < 1.29 is 4.79 Å². The third kappa shape index (κ3) is 2.60. The summed E-state index contributed by atoms with van der Waals surface area (Å²) in [5.41, 5.74) is 12.6. The summed E-state index contributed by atoms with van der Waals surface area (Å²) < 4.78 is 0. The molecule has 18 heavy (non-hydrogen) atoms. The molecule has 1 heterocycles. The van der Waals surface area contributed by atoms with Crippen molar-refractivity contribution >= 4 is 17.8 Å². The van der Waals surface area contributed by atoms with Gasteiger partial charge in [0.15, 0.2) is 0 Å². The number of allylic oxidation sites excluding steroid dienone is 1. The maximum atomic E-state index is 10.9. The topological polar surface area (TPSA) is 106 Å². The van der Waals surface area contributed by atoms with Crippen LogP contribution >= 0.6 is 0 Å². The molecule has 94 valence electrons. The summed E-state index contributed by atoms with van der Waals surface area (Å²) in [6.07, 6.45) is 3.26. The molecule has 2 rings (SSSR count). The molecule has 1 amide bonds. The third-order valence-corrected chi connectivity index (χ3v) is 2.55. The van der Waals surface area contributed by atoms with E-state index in [2.05, 4.69) is 15.6 Å². The number of nitrogens with two attached hydrogens (primary N) is 2. The molecule has 6 nitrogen and oxygen atoms in total. The van der Waals surface area contributed by atoms with E-state index in [-0.39, 0.29) is 0 Å². The smallest absolute Gasteiger partial charge is 0.248 e. The number of primary amides is 1. The van der Waals surface area contributed by atoms with Gasteiger partial charge in [0.1, 0.15) is 0 Å². The molecular weight excluding hydrogens is 230 g/mol. The van der Waals surface area contributed by atoms with Crippen LogP contribution in [0.5, 0.6) is 0 Å². The maximum absolute atomic E-state index is 10.9. The number of aliphatic imine (C=N–C) groups is 1. The van der Waals surface area contributed by atoms with Crippen LogP contribution in [-0.4, -0.2) is 17.9 Å². The van der Waals surface area contributed by atoms with Gasteiger partial charge in [-0.2, -0.15) is 0 Å². The second-order valence-electron chi connectivity index (χ2n) is 4.19. The Hall–Kier alpha value is -2.50. The Morgan fingerprint density at radius 2 is 2.06 bits per heavy atom. The highest BCUT2D eigenvalue weighted by Crippen LogP contribution is 2.16. The van der Waals surface area contributed by atoms with E-state index in [0.29, 0.717) is 11.3 Å². The van der Waals surface area contributed by atoms with Crippen molar-refractivity contribution in [3.63, 3.8) is 0 Å². The van der Waals surface area contributed by atoms with Crippen molar-refractivity contribution in [2.45, 2.75) is 12.7 Å². The summed E-state index contributed by atoms with van der Waals surface area (Å²) in [7, 11) is 0. The molecule has 1 aliphatic heterocycles. The van der Waals surface area contributed by atoms with Gasteiger partial charge in [0.25, 0.3) is 0 Å². The van der Waals surface area contributed by atoms with Crippen molar-refractivity contribution in [3.8, 4) is 0 Å². The average molecular weight is 245 g/mol. The average Bonchev–Trinajstić information content (AvgIpc) is 2.34. The standard InChI is InChI=1S/C12H15N5O/c1-12(15-6-9(13)7-16-12)17-10-4-2-8(3-5-10)11(14)18/h2-7,15,17H,13H2,1H3,(H2,14,18). The molecule has 1 aromatic carbocycles. The lowest BCUT2D eigenvalue weighted by Crippen LogP contribution is -2.47. The van der Waals surface area contributed by atoms with E-state index >= 15 is 0 Å².